The van der Waals surface area contributed by atoms with Crippen LogP contribution in [0, 0.1) is 12.8 Å². The maximum absolute atomic E-state index is 13.6. The molecular weight excluding hydrogens is 504 g/mol. The number of carbonyl (C=O) groups is 1. The molecule has 1 saturated carbocycles. The summed E-state index contributed by atoms with van der Waals surface area (Å²) in [4.78, 5) is 35.0. The van der Waals surface area contributed by atoms with E-state index < -0.39 is 0 Å². The van der Waals surface area contributed by atoms with Gasteiger partial charge in [-0.15, -0.1) is 0 Å². The highest BCUT2D eigenvalue weighted by Gasteiger charge is 2.25. The zero-order chi connectivity index (χ0) is 26.6. The standard InChI is InChI=1S/C28H31ClN6O3/c1-18-23(14-20(29)15-31-18)27(37)33-21-8-6-19(7-9-21)17-34-24-4-2-3-5-25(24)35(28(34)38)22-10-11-26(32-16-22)30-12-13-36/h2-5,10-11,14-16,19,21,36H,6-9,12-13,17H2,1H3,(H,30,32)(H,33,37)/t19-,21-. The third-order valence-electron chi connectivity index (χ3n) is 7.18. The van der Waals surface area contributed by atoms with Crippen LogP contribution in [0.15, 0.2) is 59.7 Å². The molecule has 10 heteroatoms. The summed E-state index contributed by atoms with van der Waals surface area (Å²) in [6.07, 6.45) is 6.74. The zero-order valence-corrected chi connectivity index (χ0v) is 22.0. The number of rotatable bonds is 8. The Morgan fingerprint density at radius 1 is 1.08 bits per heavy atom. The van der Waals surface area contributed by atoms with Crippen LogP contribution in [0.5, 0.6) is 0 Å². The predicted molar refractivity (Wildman–Crippen MR) is 148 cm³/mol. The number of aromatic nitrogens is 4. The van der Waals surface area contributed by atoms with E-state index in [2.05, 4.69) is 20.6 Å². The number of aliphatic hydroxyl groups is 1. The van der Waals surface area contributed by atoms with Crippen molar-refractivity contribution in [1.82, 2.24) is 24.4 Å². The predicted octanol–water partition coefficient (Wildman–Crippen LogP) is 3.94. The summed E-state index contributed by atoms with van der Waals surface area (Å²) in [6.45, 7) is 2.85. The fraction of sp³-hybridized carbons (Fsp3) is 0.357. The van der Waals surface area contributed by atoms with E-state index in [1.54, 1.807) is 36.0 Å². The SMILES string of the molecule is Cc1ncc(Cl)cc1C(=O)N[C@H]1CC[C@H](Cn2c(=O)n(-c3ccc(NCCO)nc3)c3ccccc32)CC1. The Hall–Kier alpha value is -3.69. The second-order valence-corrected chi connectivity index (χ2v) is 10.2. The minimum absolute atomic E-state index is 0.0176. The maximum Gasteiger partial charge on any atom is 0.333 e. The van der Waals surface area contributed by atoms with E-state index in [-0.39, 0.29) is 24.2 Å². The molecule has 0 unspecified atom stereocenters. The molecule has 0 bridgehead atoms. The fourth-order valence-corrected chi connectivity index (χ4v) is 5.35. The minimum atomic E-state index is -0.147. The molecule has 1 fully saturated rings. The van der Waals surface area contributed by atoms with Gasteiger partial charge in [0.05, 0.1) is 45.8 Å². The molecule has 1 aliphatic rings. The maximum atomic E-state index is 13.6. The Kier molecular flexibility index (Phi) is 7.76. The van der Waals surface area contributed by atoms with Crippen molar-refractivity contribution in [2.75, 3.05) is 18.5 Å². The Labute approximate surface area is 225 Å². The molecule has 0 radical (unpaired) electrons. The summed E-state index contributed by atoms with van der Waals surface area (Å²) in [6, 6.07) is 13.2. The van der Waals surface area contributed by atoms with Crippen molar-refractivity contribution >= 4 is 34.4 Å². The van der Waals surface area contributed by atoms with Gasteiger partial charge in [-0.05, 0) is 68.9 Å². The lowest BCUT2D eigenvalue weighted by Gasteiger charge is -2.29. The van der Waals surface area contributed by atoms with Gasteiger partial charge in [-0.3, -0.25) is 18.9 Å². The van der Waals surface area contributed by atoms with E-state index in [1.165, 1.54) is 0 Å². The van der Waals surface area contributed by atoms with Gasteiger partial charge < -0.3 is 15.7 Å². The number of halogens is 1. The van der Waals surface area contributed by atoms with Gasteiger partial charge in [0.2, 0.25) is 0 Å². The molecule has 1 aliphatic carbocycles. The van der Waals surface area contributed by atoms with E-state index in [1.807, 2.05) is 34.9 Å². The molecule has 0 saturated heterocycles. The van der Waals surface area contributed by atoms with Crippen molar-refractivity contribution in [3.05, 3.63) is 81.6 Å². The lowest BCUT2D eigenvalue weighted by Crippen LogP contribution is -2.39. The summed E-state index contributed by atoms with van der Waals surface area (Å²) < 4.78 is 3.56. The average Bonchev–Trinajstić information content (AvgIpc) is 3.21. The van der Waals surface area contributed by atoms with Crippen molar-refractivity contribution in [3.8, 4) is 5.69 Å². The third kappa shape index (κ3) is 5.44. The number of hydrogen-bond donors (Lipinski definition) is 3. The Morgan fingerprint density at radius 3 is 2.55 bits per heavy atom. The number of nitrogens with one attached hydrogen (secondary N) is 2. The molecule has 5 rings (SSSR count). The van der Waals surface area contributed by atoms with Gasteiger partial charge >= 0.3 is 5.69 Å². The highest BCUT2D eigenvalue weighted by atomic mass is 35.5. The van der Waals surface area contributed by atoms with E-state index in [9.17, 15) is 9.59 Å². The second-order valence-electron chi connectivity index (χ2n) is 9.75. The minimum Gasteiger partial charge on any atom is -0.395 e. The molecule has 0 spiro atoms. The van der Waals surface area contributed by atoms with Crippen molar-refractivity contribution < 1.29 is 9.90 Å². The number of para-hydroxylation sites is 2. The van der Waals surface area contributed by atoms with E-state index >= 15 is 0 Å². The van der Waals surface area contributed by atoms with Gasteiger partial charge in [-0.1, -0.05) is 23.7 Å². The van der Waals surface area contributed by atoms with Gasteiger partial charge in [0.25, 0.3) is 5.91 Å². The topological polar surface area (TPSA) is 114 Å². The molecule has 3 aromatic heterocycles. The number of hydrogen-bond acceptors (Lipinski definition) is 6. The number of pyridine rings is 2. The number of fused-ring (bicyclic) bond motifs is 1. The van der Waals surface area contributed by atoms with Crippen LogP contribution in [0.4, 0.5) is 5.82 Å². The first-order valence-electron chi connectivity index (χ1n) is 12.9. The van der Waals surface area contributed by atoms with Crippen LogP contribution >= 0.6 is 11.6 Å². The van der Waals surface area contributed by atoms with Crippen molar-refractivity contribution in [2.45, 2.75) is 45.2 Å². The quantitative estimate of drug-likeness (QED) is 0.315. The van der Waals surface area contributed by atoms with Crippen LogP contribution in [-0.4, -0.2) is 49.3 Å². The van der Waals surface area contributed by atoms with E-state index in [4.69, 9.17) is 16.7 Å². The Balaban J connectivity index is 1.29. The number of anilines is 1. The summed E-state index contributed by atoms with van der Waals surface area (Å²) in [5.74, 6) is 0.828. The molecule has 0 atom stereocenters. The molecule has 3 N–H and O–H groups in total. The lowest BCUT2D eigenvalue weighted by atomic mass is 9.85. The largest absolute Gasteiger partial charge is 0.395 e. The fourth-order valence-electron chi connectivity index (χ4n) is 5.19. The Bertz CT molecular complexity index is 1490. The number of imidazole rings is 1. The van der Waals surface area contributed by atoms with Crippen LogP contribution in [0.1, 0.15) is 41.7 Å². The first kappa shape index (κ1) is 25.9. The van der Waals surface area contributed by atoms with Gasteiger partial charge in [0.1, 0.15) is 5.82 Å². The van der Waals surface area contributed by atoms with Crippen molar-refractivity contribution in [2.24, 2.45) is 5.92 Å². The van der Waals surface area contributed by atoms with Crippen LogP contribution in [0.25, 0.3) is 16.7 Å². The van der Waals surface area contributed by atoms with Crippen LogP contribution in [0.2, 0.25) is 5.02 Å². The van der Waals surface area contributed by atoms with E-state index in [0.717, 1.165) is 36.7 Å². The summed E-state index contributed by atoms with van der Waals surface area (Å²) >= 11 is 6.03. The number of carbonyl (C=O) groups excluding carboxylic acids is 1. The molecule has 0 aliphatic heterocycles. The van der Waals surface area contributed by atoms with Crippen molar-refractivity contribution in [3.63, 3.8) is 0 Å². The van der Waals surface area contributed by atoms with Gasteiger partial charge in [-0.25, -0.2) is 9.78 Å². The highest BCUT2D eigenvalue weighted by Crippen LogP contribution is 2.28. The monoisotopic (exact) mass is 534 g/mol. The third-order valence-corrected chi connectivity index (χ3v) is 7.39. The van der Waals surface area contributed by atoms with Crippen LogP contribution < -0.4 is 16.3 Å². The first-order chi connectivity index (χ1) is 18.4. The number of amides is 1. The number of nitrogens with zero attached hydrogens (tertiary/aromatic N) is 4. The molecule has 38 heavy (non-hydrogen) atoms. The summed E-state index contributed by atoms with van der Waals surface area (Å²) in [5, 5.41) is 15.6. The van der Waals surface area contributed by atoms with Crippen molar-refractivity contribution in [1.29, 1.82) is 0 Å². The number of aryl methyl sites for hydroxylation is 1. The smallest absolute Gasteiger partial charge is 0.333 e. The van der Waals surface area contributed by atoms with Gasteiger partial charge in [-0.2, -0.15) is 0 Å². The summed E-state index contributed by atoms with van der Waals surface area (Å²) in [7, 11) is 0. The molecule has 198 valence electrons. The average molecular weight is 535 g/mol. The summed E-state index contributed by atoms with van der Waals surface area (Å²) in [5.41, 5.74) is 3.48. The molecule has 1 aromatic carbocycles. The molecule has 1 amide bonds. The number of aliphatic hydroxyl groups excluding tert-OH is 1. The second kappa shape index (κ2) is 11.4. The number of benzene rings is 1. The van der Waals surface area contributed by atoms with Crippen LogP contribution in [-0.2, 0) is 6.54 Å². The lowest BCUT2D eigenvalue weighted by molar-refractivity contribution is 0.0919. The van der Waals surface area contributed by atoms with Gasteiger partial charge in [0, 0.05) is 25.3 Å². The van der Waals surface area contributed by atoms with E-state index in [0.29, 0.717) is 46.8 Å². The zero-order valence-electron chi connectivity index (χ0n) is 21.2. The molecule has 4 aromatic rings. The highest BCUT2D eigenvalue weighted by molar-refractivity contribution is 6.30. The van der Waals surface area contributed by atoms with Gasteiger partial charge in [0.15, 0.2) is 0 Å². The Morgan fingerprint density at radius 2 is 1.84 bits per heavy atom. The molecule has 3 heterocycles. The molecular formula is C28H31ClN6O3. The molecule has 9 nitrogen and oxygen atoms in total. The van der Waals surface area contributed by atoms with Crippen LogP contribution in [0.3, 0.4) is 0 Å². The normalized spacial score (nSPS) is 17.4. The first-order valence-corrected chi connectivity index (χ1v) is 13.3.